The topological polar surface area (TPSA) is 49.8 Å². The van der Waals surface area contributed by atoms with E-state index in [1.54, 1.807) is 19.1 Å². The minimum Gasteiger partial charge on any atom is -0.496 e. The third-order valence-corrected chi connectivity index (χ3v) is 2.93. The number of carbonyl (C=O) groups excluding carboxylic acids is 1. The van der Waals surface area contributed by atoms with Gasteiger partial charge in [-0.05, 0) is 37.5 Å². The summed E-state index contributed by atoms with van der Waals surface area (Å²) in [5.41, 5.74) is 2.23. The zero-order chi connectivity index (χ0) is 13.7. The molecule has 4 nitrogen and oxygen atoms in total. The van der Waals surface area contributed by atoms with Crippen molar-refractivity contribution >= 4 is 5.91 Å². The minimum absolute atomic E-state index is 0.250. The van der Waals surface area contributed by atoms with Gasteiger partial charge in [-0.2, -0.15) is 0 Å². The summed E-state index contributed by atoms with van der Waals surface area (Å²) < 4.78 is 5.20. The van der Waals surface area contributed by atoms with Crippen LogP contribution in [-0.4, -0.2) is 42.7 Å². The molecule has 0 aliphatic rings. The Morgan fingerprint density at radius 1 is 1.50 bits per heavy atom. The molecule has 0 heterocycles. The molecule has 0 aliphatic carbocycles. The van der Waals surface area contributed by atoms with E-state index in [-0.39, 0.29) is 5.91 Å². The number of rotatable bonds is 5. The molecule has 1 unspecified atom stereocenters. The molecule has 0 fully saturated rings. The fourth-order valence-corrected chi connectivity index (χ4v) is 1.82. The number of methoxy groups -OCH3 is 1. The first-order valence-corrected chi connectivity index (χ1v) is 6.02. The zero-order valence-corrected chi connectivity index (χ0v) is 11.4. The third kappa shape index (κ3) is 3.74. The van der Waals surface area contributed by atoms with Gasteiger partial charge < -0.3 is 14.7 Å². The Bertz CT molecular complexity index is 416. The Morgan fingerprint density at radius 3 is 2.67 bits per heavy atom. The molecule has 1 atom stereocenters. The quantitative estimate of drug-likeness (QED) is 0.860. The molecule has 1 N–H and O–H groups in total. The molecule has 0 aromatic heterocycles. The van der Waals surface area contributed by atoms with Crippen LogP contribution in [0.2, 0.25) is 0 Å². The van der Waals surface area contributed by atoms with Crippen LogP contribution in [0.3, 0.4) is 0 Å². The van der Waals surface area contributed by atoms with E-state index in [4.69, 9.17) is 4.74 Å². The molecule has 1 amide bonds. The normalized spacial score (nSPS) is 12.1. The number of likely N-dealkylation sites (N-methyl/N-ethyl adjacent to an activating group) is 1. The molecule has 0 bridgehead atoms. The van der Waals surface area contributed by atoms with Gasteiger partial charge in [-0.1, -0.05) is 12.1 Å². The molecular weight excluding hydrogens is 230 g/mol. The molecule has 1 aromatic carbocycles. The Hall–Kier alpha value is -1.55. The van der Waals surface area contributed by atoms with Crippen LogP contribution in [0.25, 0.3) is 0 Å². The number of amides is 1. The smallest absolute Gasteiger partial charge is 0.250 e. The SMILES string of the molecule is COc1ccc(CCN(C)C(=O)C(C)O)cc1C. The van der Waals surface area contributed by atoms with Gasteiger partial charge in [0.15, 0.2) is 0 Å². The van der Waals surface area contributed by atoms with E-state index in [1.165, 1.54) is 6.92 Å². The predicted octanol–water partition coefficient (Wildman–Crippen LogP) is 1.39. The Kier molecular flexibility index (Phi) is 5.16. The van der Waals surface area contributed by atoms with Gasteiger partial charge in [-0.3, -0.25) is 4.79 Å². The van der Waals surface area contributed by atoms with Gasteiger partial charge in [0.2, 0.25) is 0 Å². The highest BCUT2D eigenvalue weighted by atomic mass is 16.5. The first kappa shape index (κ1) is 14.5. The lowest BCUT2D eigenvalue weighted by Crippen LogP contribution is -2.35. The standard InChI is InChI=1S/C14H21NO3/c1-10-9-12(5-6-13(10)18-4)7-8-15(3)14(17)11(2)16/h5-6,9,11,16H,7-8H2,1-4H3. The number of nitrogens with zero attached hydrogens (tertiary/aromatic N) is 1. The number of carbonyl (C=O) groups is 1. The number of ether oxygens (including phenoxy) is 1. The van der Waals surface area contributed by atoms with Crippen molar-refractivity contribution in [2.45, 2.75) is 26.4 Å². The van der Waals surface area contributed by atoms with Crippen molar-refractivity contribution in [3.63, 3.8) is 0 Å². The second kappa shape index (κ2) is 6.40. The third-order valence-electron chi connectivity index (χ3n) is 2.93. The summed E-state index contributed by atoms with van der Waals surface area (Å²) in [4.78, 5) is 13.0. The molecule has 1 aromatic rings. The number of aliphatic hydroxyl groups is 1. The van der Waals surface area contributed by atoms with Crippen LogP contribution < -0.4 is 4.74 Å². The van der Waals surface area contributed by atoms with E-state index < -0.39 is 6.10 Å². The van der Waals surface area contributed by atoms with Crippen molar-refractivity contribution < 1.29 is 14.6 Å². The van der Waals surface area contributed by atoms with Crippen LogP contribution in [-0.2, 0) is 11.2 Å². The van der Waals surface area contributed by atoms with Crippen molar-refractivity contribution in [1.29, 1.82) is 0 Å². The molecule has 0 spiro atoms. The molecule has 0 saturated carbocycles. The molecule has 100 valence electrons. The zero-order valence-electron chi connectivity index (χ0n) is 11.4. The lowest BCUT2D eigenvalue weighted by molar-refractivity contribution is -0.137. The van der Waals surface area contributed by atoms with Gasteiger partial charge in [-0.15, -0.1) is 0 Å². The average molecular weight is 251 g/mol. The highest BCUT2D eigenvalue weighted by molar-refractivity contribution is 5.79. The monoisotopic (exact) mass is 251 g/mol. The predicted molar refractivity (Wildman–Crippen MR) is 70.8 cm³/mol. The Morgan fingerprint density at radius 2 is 2.17 bits per heavy atom. The van der Waals surface area contributed by atoms with Crippen LogP contribution in [0.15, 0.2) is 18.2 Å². The van der Waals surface area contributed by atoms with E-state index in [0.29, 0.717) is 6.54 Å². The minimum atomic E-state index is -0.937. The van der Waals surface area contributed by atoms with Crippen LogP contribution >= 0.6 is 0 Å². The van der Waals surface area contributed by atoms with Crippen molar-refractivity contribution in [3.05, 3.63) is 29.3 Å². The van der Waals surface area contributed by atoms with Crippen LogP contribution in [0.5, 0.6) is 5.75 Å². The lowest BCUT2D eigenvalue weighted by Gasteiger charge is -2.18. The number of aryl methyl sites for hydroxylation is 1. The lowest BCUT2D eigenvalue weighted by atomic mass is 10.1. The van der Waals surface area contributed by atoms with Crippen LogP contribution in [0, 0.1) is 6.92 Å². The number of hydrogen-bond donors (Lipinski definition) is 1. The number of aliphatic hydroxyl groups excluding tert-OH is 1. The molecule has 0 radical (unpaired) electrons. The molecule has 4 heteroatoms. The molecule has 18 heavy (non-hydrogen) atoms. The summed E-state index contributed by atoms with van der Waals surface area (Å²) in [6.07, 6.45) is -0.174. The summed E-state index contributed by atoms with van der Waals surface area (Å²) in [5.74, 6) is 0.618. The number of benzene rings is 1. The van der Waals surface area contributed by atoms with Gasteiger partial charge in [0.25, 0.3) is 5.91 Å². The summed E-state index contributed by atoms with van der Waals surface area (Å²) in [6, 6.07) is 5.98. The second-order valence-corrected chi connectivity index (χ2v) is 4.49. The molecule has 1 rings (SSSR count). The Balaban J connectivity index is 2.59. The van der Waals surface area contributed by atoms with Gasteiger partial charge in [0, 0.05) is 13.6 Å². The summed E-state index contributed by atoms with van der Waals surface area (Å²) in [6.45, 7) is 4.07. The van der Waals surface area contributed by atoms with E-state index in [2.05, 4.69) is 6.07 Å². The van der Waals surface area contributed by atoms with Gasteiger partial charge in [0.1, 0.15) is 11.9 Å². The van der Waals surface area contributed by atoms with E-state index >= 15 is 0 Å². The van der Waals surface area contributed by atoms with Crippen molar-refractivity contribution in [3.8, 4) is 5.75 Å². The highest BCUT2D eigenvalue weighted by Gasteiger charge is 2.14. The van der Waals surface area contributed by atoms with Gasteiger partial charge in [0.05, 0.1) is 7.11 Å². The maximum absolute atomic E-state index is 11.5. The summed E-state index contributed by atoms with van der Waals surface area (Å²) >= 11 is 0. The Labute approximate surface area is 108 Å². The van der Waals surface area contributed by atoms with Crippen molar-refractivity contribution in [2.75, 3.05) is 20.7 Å². The summed E-state index contributed by atoms with van der Waals surface area (Å²) in [7, 11) is 3.35. The maximum Gasteiger partial charge on any atom is 0.250 e. The van der Waals surface area contributed by atoms with Crippen LogP contribution in [0.1, 0.15) is 18.1 Å². The summed E-state index contributed by atoms with van der Waals surface area (Å²) in [5, 5.41) is 9.19. The highest BCUT2D eigenvalue weighted by Crippen LogP contribution is 2.18. The van der Waals surface area contributed by atoms with Crippen molar-refractivity contribution in [2.24, 2.45) is 0 Å². The first-order chi connectivity index (χ1) is 8.45. The fraction of sp³-hybridized carbons (Fsp3) is 0.500. The van der Waals surface area contributed by atoms with Crippen LogP contribution in [0.4, 0.5) is 0 Å². The van der Waals surface area contributed by atoms with Crippen molar-refractivity contribution in [1.82, 2.24) is 4.90 Å². The fourth-order valence-electron chi connectivity index (χ4n) is 1.82. The second-order valence-electron chi connectivity index (χ2n) is 4.49. The average Bonchev–Trinajstić information content (AvgIpc) is 2.35. The first-order valence-electron chi connectivity index (χ1n) is 6.02. The van der Waals surface area contributed by atoms with E-state index in [9.17, 15) is 9.90 Å². The van der Waals surface area contributed by atoms with E-state index in [1.807, 2.05) is 19.1 Å². The largest absolute Gasteiger partial charge is 0.496 e. The molecule has 0 aliphatic heterocycles. The molecule has 0 saturated heterocycles. The maximum atomic E-state index is 11.5. The van der Waals surface area contributed by atoms with E-state index in [0.717, 1.165) is 23.3 Å². The number of hydrogen-bond acceptors (Lipinski definition) is 3. The molecular formula is C14H21NO3. The van der Waals surface area contributed by atoms with Gasteiger partial charge in [-0.25, -0.2) is 0 Å². The van der Waals surface area contributed by atoms with Gasteiger partial charge >= 0.3 is 0 Å².